The average Bonchev–Trinajstić information content (AvgIpc) is 3.69. The molecule has 0 unspecified atom stereocenters. The monoisotopic (exact) mass is 686 g/mol. The van der Waals surface area contributed by atoms with Gasteiger partial charge < -0.3 is 29.0 Å². The van der Waals surface area contributed by atoms with Crippen LogP contribution in [0.3, 0.4) is 0 Å². The molecule has 0 saturated carbocycles. The van der Waals surface area contributed by atoms with Gasteiger partial charge in [0.2, 0.25) is 0 Å². The van der Waals surface area contributed by atoms with Gasteiger partial charge in [-0.3, -0.25) is 0 Å². The standard InChI is InChI=1S/C22H29N5O2.C17H17N5/c1-7-16-10-15(12-24-21(28)29-22(2,3)4)8-9-18(16)27(6)20-11-19-17(13-23-20)25-14-26(19)5;1-4-13-7-12(9-18)5-6-15(13)22(3)17-8-16-14(10-19-17)20-11-21(16)2/h8-11,13-14H,7,12H2,1-6H3,(H,24,28);5-8,10-11H,4H2,1-3H3. The van der Waals surface area contributed by atoms with Crippen molar-refractivity contribution in [1.82, 2.24) is 34.4 Å². The Kier molecular flexibility index (Phi) is 10.9. The van der Waals surface area contributed by atoms with Gasteiger partial charge in [0.1, 0.15) is 28.3 Å². The SMILES string of the molecule is CCc1cc(C#N)ccc1N(C)c1cc2c(cn1)ncn2C.CCc1cc(CNC(=O)OC(C)(C)C)ccc1N(C)c1cc2c(cn1)ncn2C. The minimum absolute atomic E-state index is 0.412. The predicted octanol–water partition coefficient (Wildman–Crippen LogP) is 7.49. The largest absolute Gasteiger partial charge is 0.444 e. The summed E-state index contributed by atoms with van der Waals surface area (Å²) >= 11 is 0. The smallest absolute Gasteiger partial charge is 0.407 e. The Morgan fingerprint density at radius 3 is 1.80 bits per heavy atom. The maximum atomic E-state index is 11.9. The first-order valence-corrected chi connectivity index (χ1v) is 16.9. The van der Waals surface area contributed by atoms with Crippen molar-refractivity contribution in [3.05, 3.63) is 95.8 Å². The number of anilines is 4. The van der Waals surface area contributed by atoms with Crippen LogP contribution in [0, 0.1) is 11.3 Å². The third-order valence-corrected chi connectivity index (χ3v) is 8.55. The van der Waals surface area contributed by atoms with Gasteiger partial charge >= 0.3 is 6.09 Å². The van der Waals surface area contributed by atoms with Crippen molar-refractivity contribution in [3.8, 4) is 6.07 Å². The highest BCUT2D eigenvalue weighted by molar-refractivity contribution is 5.80. The number of imidazole rings is 2. The summed E-state index contributed by atoms with van der Waals surface area (Å²) in [6.07, 6.45) is 8.49. The zero-order chi connectivity index (χ0) is 36.9. The van der Waals surface area contributed by atoms with Gasteiger partial charge in [-0.15, -0.1) is 0 Å². The first-order valence-electron chi connectivity index (χ1n) is 16.9. The summed E-state index contributed by atoms with van der Waals surface area (Å²) in [4.78, 5) is 33.7. The Morgan fingerprint density at radius 2 is 1.31 bits per heavy atom. The molecule has 0 aliphatic carbocycles. The van der Waals surface area contributed by atoms with Gasteiger partial charge in [0, 0.05) is 58.2 Å². The highest BCUT2D eigenvalue weighted by atomic mass is 16.6. The van der Waals surface area contributed by atoms with Gasteiger partial charge in [-0.25, -0.2) is 24.7 Å². The summed E-state index contributed by atoms with van der Waals surface area (Å²) in [5, 5.41) is 11.9. The van der Waals surface area contributed by atoms with Crippen molar-refractivity contribution in [1.29, 1.82) is 5.26 Å². The lowest BCUT2D eigenvalue weighted by atomic mass is 10.1. The van der Waals surface area contributed by atoms with Crippen molar-refractivity contribution in [2.45, 2.75) is 59.6 Å². The van der Waals surface area contributed by atoms with E-state index in [4.69, 9.17) is 10.00 Å². The number of carbonyl (C=O) groups excluding carboxylic acids is 1. The molecule has 2 aromatic carbocycles. The molecule has 0 bridgehead atoms. The minimum Gasteiger partial charge on any atom is -0.444 e. The van der Waals surface area contributed by atoms with Crippen LogP contribution >= 0.6 is 0 Å². The molecule has 0 fully saturated rings. The third-order valence-electron chi connectivity index (χ3n) is 8.55. The number of carbonyl (C=O) groups is 1. The highest BCUT2D eigenvalue weighted by Gasteiger charge is 2.17. The summed E-state index contributed by atoms with van der Waals surface area (Å²) < 4.78 is 9.27. The molecule has 1 N–H and O–H groups in total. The van der Waals surface area contributed by atoms with Crippen molar-refractivity contribution in [2.24, 2.45) is 14.1 Å². The first kappa shape index (κ1) is 36.3. The van der Waals surface area contributed by atoms with Crippen molar-refractivity contribution < 1.29 is 9.53 Å². The van der Waals surface area contributed by atoms with Gasteiger partial charge in [-0.2, -0.15) is 5.26 Å². The van der Waals surface area contributed by atoms with Crippen LogP contribution in [0.2, 0.25) is 0 Å². The molecule has 0 aliphatic heterocycles. The van der Waals surface area contributed by atoms with E-state index in [0.717, 1.165) is 69.0 Å². The lowest BCUT2D eigenvalue weighted by molar-refractivity contribution is 0.0523. The van der Waals surface area contributed by atoms with Crippen LogP contribution in [0.25, 0.3) is 22.1 Å². The second-order valence-corrected chi connectivity index (χ2v) is 13.4. The molecule has 264 valence electrons. The molecule has 4 heterocycles. The molecule has 51 heavy (non-hydrogen) atoms. The molecule has 1 amide bonds. The molecule has 0 radical (unpaired) electrons. The molecule has 6 aromatic rings. The minimum atomic E-state index is -0.507. The first-order chi connectivity index (χ1) is 24.3. The number of ether oxygens (including phenoxy) is 1. The fourth-order valence-electron chi connectivity index (χ4n) is 5.77. The van der Waals surface area contributed by atoms with Crippen molar-refractivity contribution >= 4 is 51.2 Å². The Balaban J connectivity index is 0.000000205. The fourth-order valence-corrected chi connectivity index (χ4v) is 5.77. The number of hydrogen-bond donors (Lipinski definition) is 1. The number of rotatable bonds is 8. The van der Waals surface area contributed by atoms with E-state index in [-0.39, 0.29) is 0 Å². The van der Waals surface area contributed by atoms with E-state index in [1.54, 1.807) is 25.0 Å². The quantitative estimate of drug-likeness (QED) is 0.173. The summed E-state index contributed by atoms with van der Waals surface area (Å²) in [5.74, 6) is 1.71. The number of amides is 1. The Hall–Kier alpha value is -5.96. The third kappa shape index (κ3) is 8.44. The summed E-state index contributed by atoms with van der Waals surface area (Å²) in [5.41, 5.74) is 9.52. The number of benzene rings is 2. The van der Waals surface area contributed by atoms with E-state index in [2.05, 4.69) is 62.2 Å². The average molecular weight is 687 g/mol. The van der Waals surface area contributed by atoms with Crippen LogP contribution in [-0.2, 0) is 38.2 Å². The number of aromatic nitrogens is 6. The molecule has 0 saturated heterocycles. The van der Waals surface area contributed by atoms with Crippen LogP contribution < -0.4 is 15.1 Å². The number of nitrogens with one attached hydrogen (secondary N) is 1. The van der Waals surface area contributed by atoms with Crippen LogP contribution in [0.1, 0.15) is 56.9 Å². The Bertz CT molecular complexity index is 2210. The molecule has 0 spiro atoms. The normalized spacial score (nSPS) is 11.1. The molecule has 4 aromatic heterocycles. The lowest BCUT2D eigenvalue weighted by Gasteiger charge is -2.22. The Morgan fingerprint density at radius 1 is 0.804 bits per heavy atom. The summed E-state index contributed by atoms with van der Waals surface area (Å²) in [6, 6.07) is 18.2. The van der Waals surface area contributed by atoms with E-state index >= 15 is 0 Å². The van der Waals surface area contributed by atoms with Crippen molar-refractivity contribution in [2.75, 3.05) is 23.9 Å². The fraction of sp³-hybridized carbons (Fsp3) is 0.333. The number of fused-ring (bicyclic) bond motifs is 2. The number of alkyl carbamates (subject to hydrolysis) is 1. The Labute approximate surface area is 299 Å². The maximum absolute atomic E-state index is 11.9. The highest BCUT2D eigenvalue weighted by Crippen LogP contribution is 2.30. The second-order valence-electron chi connectivity index (χ2n) is 13.4. The van der Waals surface area contributed by atoms with Crippen LogP contribution in [0.4, 0.5) is 27.8 Å². The number of aryl methyl sites for hydroxylation is 4. The van der Waals surface area contributed by atoms with E-state index in [1.807, 2.05) is 99.4 Å². The van der Waals surface area contributed by atoms with Gasteiger partial charge in [-0.1, -0.05) is 26.0 Å². The predicted molar refractivity (Wildman–Crippen MR) is 203 cm³/mol. The molecule has 0 atom stereocenters. The number of hydrogen-bond acceptors (Lipinski definition) is 9. The second kappa shape index (κ2) is 15.3. The molecular formula is C39H46N10O2. The molecule has 12 heteroatoms. The molecular weight excluding hydrogens is 640 g/mol. The van der Waals surface area contributed by atoms with Crippen molar-refractivity contribution in [3.63, 3.8) is 0 Å². The molecule has 6 rings (SSSR count). The van der Waals surface area contributed by atoms with Crippen LogP contribution in [0.15, 0.2) is 73.6 Å². The van der Waals surface area contributed by atoms with E-state index in [1.165, 1.54) is 5.56 Å². The van der Waals surface area contributed by atoms with Gasteiger partial charge in [0.05, 0.1) is 47.7 Å². The number of nitrogens with zero attached hydrogens (tertiary/aromatic N) is 9. The van der Waals surface area contributed by atoms with Gasteiger partial charge in [-0.05, 0) is 74.6 Å². The number of pyridine rings is 2. The topological polar surface area (TPSA) is 130 Å². The van der Waals surface area contributed by atoms with Gasteiger partial charge in [0.25, 0.3) is 0 Å². The molecule has 0 aliphatic rings. The van der Waals surface area contributed by atoms with Gasteiger partial charge in [0.15, 0.2) is 0 Å². The maximum Gasteiger partial charge on any atom is 0.407 e. The lowest BCUT2D eigenvalue weighted by Crippen LogP contribution is -2.32. The zero-order valence-corrected chi connectivity index (χ0v) is 30.9. The van der Waals surface area contributed by atoms with Crippen LogP contribution in [0.5, 0.6) is 0 Å². The summed E-state index contributed by atoms with van der Waals surface area (Å²) in [7, 11) is 7.95. The van der Waals surface area contributed by atoms with E-state index in [0.29, 0.717) is 12.1 Å². The number of nitriles is 1. The van der Waals surface area contributed by atoms with E-state index in [9.17, 15) is 4.79 Å². The van der Waals surface area contributed by atoms with E-state index < -0.39 is 11.7 Å². The zero-order valence-electron chi connectivity index (χ0n) is 30.9. The summed E-state index contributed by atoms with van der Waals surface area (Å²) in [6.45, 7) is 10.2. The molecule has 12 nitrogen and oxygen atoms in total. The van der Waals surface area contributed by atoms with Crippen LogP contribution in [-0.4, -0.2) is 54.9 Å².